The molecule has 1 aliphatic heterocycles. The number of rotatable bonds is 6. The minimum Gasteiger partial charge on any atom is -0.350 e. The van der Waals surface area contributed by atoms with Gasteiger partial charge in [-0.15, -0.1) is 0 Å². The second-order valence-electron chi connectivity index (χ2n) is 7.22. The maximum atomic E-state index is 13.4. The van der Waals surface area contributed by atoms with Gasteiger partial charge in [0, 0.05) is 14.2 Å². The Morgan fingerprint density at radius 3 is 2.13 bits per heavy atom. The number of anilines is 2. The highest BCUT2D eigenvalue weighted by Crippen LogP contribution is 2.38. The van der Waals surface area contributed by atoms with E-state index in [1.54, 1.807) is 0 Å². The number of imide groups is 1. The number of amides is 2. The molecule has 3 aromatic rings. The second-order valence-corrected chi connectivity index (χ2v) is 9.55. The van der Waals surface area contributed by atoms with Crippen LogP contribution in [-0.2, 0) is 16.0 Å². The van der Waals surface area contributed by atoms with E-state index in [2.05, 4.69) is 34.8 Å². The fourth-order valence-corrected chi connectivity index (χ4v) is 4.52. The van der Waals surface area contributed by atoms with Crippen LogP contribution in [0.3, 0.4) is 0 Å². The third kappa shape index (κ3) is 4.70. The monoisotopic (exact) mass is 540 g/mol. The zero-order valence-electron chi connectivity index (χ0n) is 17.2. The summed E-state index contributed by atoms with van der Waals surface area (Å²) in [6.45, 7) is 4.09. The van der Waals surface area contributed by atoms with Crippen molar-refractivity contribution in [3.05, 3.63) is 98.1 Å². The molecule has 0 fully saturated rings. The van der Waals surface area contributed by atoms with Crippen molar-refractivity contribution in [2.24, 2.45) is 0 Å². The molecule has 0 aromatic heterocycles. The zero-order chi connectivity index (χ0) is 22.0. The highest BCUT2D eigenvalue weighted by atomic mass is 127. The van der Waals surface area contributed by atoms with E-state index in [0.717, 1.165) is 31.7 Å². The molecule has 0 aliphatic carbocycles. The summed E-state index contributed by atoms with van der Waals surface area (Å²) in [5, 5.41) is 3.20. The maximum Gasteiger partial charge on any atom is 0.283 e. The molecule has 31 heavy (non-hydrogen) atoms. The lowest BCUT2D eigenvalue weighted by Gasteiger charge is -2.15. The molecule has 0 atom stereocenters. The van der Waals surface area contributed by atoms with Crippen LogP contribution < -0.4 is 10.2 Å². The molecule has 0 saturated heterocycles. The molecular formula is C25H21IN2O2S. The van der Waals surface area contributed by atoms with Gasteiger partial charge in [0.15, 0.2) is 0 Å². The van der Waals surface area contributed by atoms with Gasteiger partial charge < -0.3 is 5.32 Å². The molecule has 4 nitrogen and oxygen atoms in total. The van der Waals surface area contributed by atoms with Gasteiger partial charge >= 0.3 is 0 Å². The molecule has 0 bridgehead atoms. The predicted molar refractivity (Wildman–Crippen MR) is 135 cm³/mol. The van der Waals surface area contributed by atoms with Gasteiger partial charge in [-0.25, -0.2) is 4.90 Å². The summed E-state index contributed by atoms with van der Waals surface area (Å²) in [5.41, 5.74) is 3.94. The van der Waals surface area contributed by atoms with Crippen molar-refractivity contribution in [2.45, 2.75) is 25.2 Å². The molecule has 0 unspecified atom stereocenters. The summed E-state index contributed by atoms with van der Waals surface area (Å²) in [6.07, 6.45) is 0.897. The van der Waals surface area contributed by atoms with Crippen LogP contribution in [-0.4, -0.2) is 11.8 Å². The highest BCUT2D eigenvalue weighted by Gasteiger charge is 2.40. The lowest BCUT2D eigenvalue weighted by molar-refractivity contribution is -0.120. The first-order chi connectivity index (χ1) is 15.0. The number of aryl methyl sites for hydroxylation is 2. The number of carbonyl (C=O) groups is 2. The van der Waals surface area contributed by atoms with Crippen LogP contribution in [0.25, 0.3) is 0 Å². The summed E-state index contributed by atoms with van der Waals surface area (Å²) >= 11 is 3.55. The van der Waals surface area contributed by atoms with Gasteiger partial charge in [0.25, 0.3) is 11.8 Å². The van der Waals surface area contributed by atoms with Crippen LogP contribution in [0.1, 0.15) is 18.1 Å². The van der Waals surface area contributed by atoms with Gasteiger partial charge in [-0.3, -0.25) is 9.59 Å². The quantitative estimate of drug-likeness (QED) is 0.301. The molecule has 156 valence electrons. The normalized spacial score (nSPS) is 13.8. The number of hydrogen-bond donors (Lipinski definition) is 1. The number of hydrogen-bond acceptors (Lipinski definition) is 4. The van der Waals surface area contributed by atoms with Crippen molar-refractivity contribution >= 4 is 57.5 Å². The fourth-order valence-electron chi connectivity index (χ4n) is 3.23. The first kappa shape index (κ1) is 21.6. The summed E-state index contributed by atoms with van der Waals surface area (Å²) in [6, 6.07) is 23.2. The van der Waals surface area contributed by atoms with E-state index in [4.69, 9.17) is 0 Å². The third-order valence-electron chi connectivity index (χ3n) is 5.00. The van der Waals surface area contributed by atoms with E-state index in [9.17, 15) is 9.59 Å². The van der Waals surface area contributed by atoms with Crippen molar-refractivity contribution < 1.29 is 9.59 Å². The van der Waals surface area contributed by atoms with Crippen LogP contribution >= 0.6 is 34.4 Å². The molecule has 0 radical (unpaired) electrons. The second kappa shape index (κ2) is 9.28. The van der Waals surface area contributed by atoms with Gasteiger partial charge in [-0.05, 0) is 90.0 Å². The lowest BCUT2D eigenvalue weighted by Crippen LogP contribution is -2.32. The van der Waals surface area contributed by atoms with Crippen molar-refractivity contribution in [1.29, 1.82) is 0 Å². The van der Waals surface area contributed by atoms with Crippen molar-refractivity contribution in [2.75, 3.05) is 10.2 Å². The van der Waals surface area contributed by atoms with E-state index in [0.29, 0.717) is 16.3 Å². The Morgan fingerprint density at radius 1 is 0.871 bits per heavy atom. The molecule has 2 amide bonds. The third-order valence-corrected chi connectivity index (χ3v) is 6.81. The van der Waals surface area contributed by atoms with Crippen LogP contribution in [0, 0.1) is 10.5 Å². The molecule has 0 saturated carbocycles. The van der Waals surface area contributed by atoms with Crippen molar-refractivity contribution in [3.63, 3.8) is 0 Å². The van der Waals surface area contributed by atoms with Gasteiger partial charge in [0.05, 0.1) is 5.69 Å². The lowest BCUT2D eigenvalue weighted by atomic mass is 10.1. The molecule has 1 aliphatic rings. The standard InChI is InChI=1S/C25H21IN2O2S/c1-3-17-6-12-20(13-7-17)28-24(29)22(27-19-10-8-18(26)9-11-19)23(25(28)30)31-21-14-4-16(2)5-15-21/h4-15,27H,3H2,1-2H3. The van der Waals surface area contributed by atoms with Crippen molar-refractivity contribution in [1.82, 2.24) is 0 Å². The van der Waals surface area contributed by atoms with Gasteiger partial charge in [-0.2, -0.15) is 0 Å². The minimum absolute atomic E-state index is 0.302. The van der Waals surface area contributed by atoms with Gasteiger partial charge in [-0.1, -0.05) is 48.5 Å². The Kier molecular flexibility index (Phi) is 6.48. The van der Waals surface area contributed by atoms with Gasteiger partial charge in [0.2, 0.25) is 0 Å². The number of halogens is 1. The molecular weight excluding hydrogens is 519 g/mol. The Bertz CT molecular complexity index is 1080. The largest absolute Gasteiger partial charge is 0.350 e. The SMILES string of the molecule is CCc1ccc(N2C(=O)C(Nc3ccc(I)cc3)=C(Sc3ccc(C)cc3)C2=O)cc1. The smallest absolute Gasteiger partial charge is 0.283 e. The average Bonchev–Trinajstić information content (AvgIpc) is 3.01. The minimum atomic E-state index is -0.345. The number of benzene rings is 3. The first-order valence-corrected chi connectivity index (χ1v) is 11.8. The van der Waals surface area contributed by atoms with Crippen LogP contribution in [0.5, 0.6) is 0 Å². The number of carbonyl (C=O) groups excluding carboxylic acids is 2. The molecule has 6 heteroatoms. The number of nitrogens with zero attached hydrogens (tertiary/aromatic N) is 1. The summed E-state index contributed by atoms with van der Waals surface area (Å²) < 4.78 is 1.10. The first-order valence-electron chi connectivity index (χ1n) is 9.95. The van der Waals surface area contributed by atoms with E-state index >= 15 is 0 Å². The van der Waals surface area contributed by atoms with Gasteiger partial charge in [0.1, 0.15) is 10.6 Å². The highest BCUT2D eigenvalue weighted by molar-refractivity contribution is 14.1. The molecule has 0 spiro atoms. The average molecular weight is 540 g/mol. The topological polar surface area (TPSA) is 49.4 Å². The Morgan fingerprint density at radius 2 is 1.52 bits per heavy atom. The summed E-state index contributed by atoms with van der Waals surface area (Å²) in [5.74, 6) is -0.657. The molecule has 1 heterocycles. The van der Waals surface area contributed by atoms with Crippen LogP contribution in [0.15, 0.2) is 88.3 Å². The predicted octanol–water partition coefficient (Wildman–Crippen LogP) is 6.15. The van der Waals surface area contributed by atoms with E-state index in [-0.39, 0.29) is 11.8 Å². The molecule has 1 N–H and O–H groups in total. The van der Waals surface area contributed by atoms with E-state index in [1.807, 2.05) is 79.7 Å². The fraction of sp³-hybridized carbons (Fsp3) is 0.120. The number of nitrogens with one attached hydrogen (secondary N) is 1. The number of thioether (sulfide) groups is 1. The maximum absolute atomic E-state index is 13.4. The van der Waals surface area contributed by atoms with Crippen LogP contribution in [0.2, 0.25) is 0 Å². The zero-order valence-corrected chi connectivity index (χ0v) is 20.2. The van der Waals surface area contributed by atoms with E-state index in [1.165, 1.54) is 16.7 Å². The van der Waals surface area contributed by atoms with Crippen molar-refractivity contribution in [3.8, 4) is 0 Å². The Labute approximate surface area is 199 Å². The Balaban J connectivity index is 1.71. The van der Waals surface area contributed by atoms with E-state index < -0.39 is 0 Å². The molecule has 3 aromatic carbocycles. The molecule has 4 rings (SSSR count). The van der Waals surface area contributed by atoms with Crippen LogP contribution in [0.4, 0.5) is 11.4 Å². The summed E-state index contributed by atoms with van der Waals surface area (Å²) in [7, 11) is 0. The summed E-state index contributed by atoms with van der Waals surface area (Å²) in [4.78, 5) is 29.3. The Hall–Kier alpha value is -2.58.